The number of ketones is 1. The molecule has 0 amide bonds. The van der Waals surface area contributed by atoms with Gasteiger partial charge in [-0.2, -0.15) is 0 Å². The van der Waals surface area contributed by atoms with Gasteiger partial charge in [0.05, 0.1) is 0 Å². The van der Waals surface area contributed by atoms with Crippen LogP contribution in [-0.4, -0.2) is 55.2 Å². The van der Waals surface area contributed by atoms with Crippen molar-refractivity contribution in [1.82, 2.24) is 0 Å². The van der Waals surface area contributed by atoms with E-state index in [1.54, 1.807) is 0 Å². The Morgan fingerprint density at radius 2 is 2.25 bits per heavy atom. The van der Waals surface area contributed by atoms with Crippen molar-refractivity contribution in [3.63, 3.8) is 0 Å². The van der Waals surface area contributed by atoms with E-state index in [0.29, 0.717) is 12.8 Å². The van der Waals surface area contributed by atoms with Crippen molar-refractivity contribution >= 4 is 43.5 Å². The molecule has 0 aromatic heterocycles. The van der Waals surface area contributed by atoms with Crippen LogP contribution in [0.2, 0.25) is 0 Å². The average molecular weight is 144 g/mol. The first kappa shape index (κ1) is 11.7. The summed E-state index contributed by atoms with van der Waals surface area (Å²) in [6.45, 7) is 1.65. The predicted molar refractivity (Wildman–Crippen MR) is 35.0 cm³/mol. The molecule has 0 aromatic rings. The normalized spacial score (nSPS) is 7.75. The number of carbonyl (C=O) groups is 1. The van der Waals surface area contributed by atoms with E-state index in [1.807, 2.05) is 0 Å². The quantitative estimate of drug-likeness (QED) is 0.574. The van der Waals surface area contributed by atoms with E-state index in [9.17, 15) is 4.79 Å². The van der Waals surface area contributed by atoms with E-state index in [2.05, 4.69) is 0 Å². The monoisotopic (exact) mass is 144 g/mol. The summed E-state index contributed by atoms with van der Waals surface area (Å²) in [4.78, 5) is 10.1. The second-order valence-electron chi connectivity index (χ2n) is 1.53. The van der Waals surface area contributed by atoms with Crippen molar-refractivity contribution in [1.29, 1.82) is 0 Å². The molecule has 0 rings (SSSR count). The summed E-state index contributed by atoms with van der Waals surface area (Å²) in [6, 6.07) is 0. The van der Waals surface area contributed by atoms with Crippen molar-refractivity contribution < 1.29 is 12.8 Å². The van der Waals surface area contributed by atoms with Crippen LogP contribution in [-0.2, 0) is 4.79 Å². The third kappa shape index (κ3) is 10.00. The van der Waals surface area contributed by atoms with Gasteiger partial charge in [-0.15, -0.1) is 0 Å². The maximum absolute atomic E-state index is 10.1. The van der Waals surface area contributed by atoms with Gasteiger partial charge < -0.3 is 12.8 Å². The predicted octanol–water partition coefficient (Wildman–Crippen LogP) is 0.192. The van der Waals surface area contributed by atoms with Gasteiger partial charge in [0, 0.05) is 13.0 Å². The summed E-state index contributed by atoms with van der Waals surface area (Å²) in [5.74, 6) is 0.147. The van der Waals surface area contributed by atoms with Crippen molar-refractivity contribution in [2.75, 3.05) is 6.61 Å². The molecule has 0 saturated carbocycles. The second-order valence-corrected chi connectivity index (χ2v) is 1.53. The Hall–Kier alpha value is 0.890. The van der Waals surface area contributed by atoms with Gasteiger partial charge in [-0.25, -0.2) is 0 Å². The van der Waals surface area contributed by atoms with Crippen LogP contribution in [0.1, 0.15) is 22.6 Å². The summed E-state index contributed by atoms with van der Waals surface area (Å²) in [5.41, 5.74) is 0. The molecule has 8 heavy (non-hydrogen) atoms. The van der Waals surface area contributed by atoms with Gasteiger partial charge in [-0.3, -0.25) is 0 Å². The molecule has 0 atom stereocenters. The zero-order chi connectivity index (χ0) is 5.70. The summed E-state index contributed by atoms with van der Waals surface area (Å²) in [6.07, 6.45) is 1.12. The fraction of sp³-hybridized carbons (Fsp3) is 0.800. The fourth-order valence-corrected chi connectivity index (χ4v) is 0.328. The molecule has 0 fully saturated rings. The first-order chi connectivity index (χ1) is 3.27. The molecule has 3 heteroatoms. The van der Waals surface area contributed by atoms with Gasteiger partial charge in [0.15, 0.2) is 0 Å². The van der Waals surface area contributed by atoms with Crippen LogP contribution in [0.5, 0.6) is 0 Å². The Labute approximate surface area is 82.2 Å². The molecule has 0 aliphatic carbocycles. The molecule has 0 aliphatic rings. The molecule has 0 aliphatic heterocycles. The number of Topliss-reactive ketones (excluding diaryl/α,β-unsaturated/α-hetero) is 1. The fourth-order valence-electron chi connectivity index (χ4n) is 0.328. The molecule has 46 valence electrons. The molecular weight excluding hydrogens is 132 g/mol. The van der Waals surface area contributed by atoms with Gasteiger partial charge in [-0.1, -0.05) is 0 Å². The van der Waals surface area contributed by atoms with E-state index < -0.39 is 0 Å². The average Bonchev–Trinajstić information content (AvgIpc) is 1.61. The molecule has 0 spiro atoms. The van der Waals surface area contributed by atoms with Gasteiger partial charge in [0.1, 0.15) is 5.78 Å². The molecular formula is C5H12CaO2. The van der Waals surface area contributed by atoms with Crippen molar-refractivity contribution in [3.05, 3.63) is 0 Å². The van der Waals surface area contributed by atoms with Gasteiger partial charge in [0.25, 0.3) is 0 Å². The Balaban J connectivity index is -0.0000000600. The SMILES string of the molecule is CC(=O)CCCO.[Ca+2].[H-].[H-]. The molecule has 0 unspecified atom stereocenters. The Bertz CT molecular complexity index is 70.7. The van der Waals surface area contributed by atoms with Crippen molar-refractivity contribution in [2.24, 2.45) is 0 Å². The molecule has 0 radical (unpaired) electrons. The van der Waals surface area contributed by atoms with Gasteiger partial charge in [-0.05, 0) is 13.3 Å². The van der Waals surface area contributed by atoms with Crippen LogP contribution in [0.4, 0.5) is 0 Å². The second kappa shape index (κ2) is 7.89. The van der Waals surface area contributed by atoms with Crippen LogP contribution in [0, 0.1) is 0 Å². The summed E-state index contributed by atoms with van der Waals surface area (Å²) in [5, 5.41) is 8.16. The topological polar surface area (TPSA) is 37.3 Å². The molecule has 0 aromatic carbocycles. The van der Waals surface area contributed by atoms with E-state index >= 15 is 0 Å². The van der Waals surface area contributed by atoms with E-state index in [0.717, 1.165) is 0 Å². The minimum absolute atomic E-state index is 0. The van der Waals surface area contributed by atoms with Crippen LogP contribution in [0.3, 0.4) is 0 Å². The number of rotatable bonds is 3. The zero-order valence-corrected chi connectivity index (χ0v) is 7.39. The standard InChI is InChI=1S/C5H10O2.Ca.2H/c1-5(7)3-2-4-6;;;/h6H,2-4H2,1H3;;;/q;+2;2*-1. The van der Waals surface area contributed by atoms with Crippen LogP contribution in [0.25, 0.3) is 0 Å². The van der Waals surface area contributed by atoms with Crippen molar-refractivity contribution in [2.45, 2.75) is 19.8 Å². The maximum atomic E-state index is 10.1. The number of aliphatic hydroxyl groups is 1. The Kier molecular flexibility index (Phi) is 11.5. The minimum atomic E-state index is 0. The van der Waals surface area contributed by atoms with Crippen LogP contribution < -0.4 is 0 Å². The zero-order valence-electron chi connectivity index (χ0n) is 7.18. The van der Waals surface area contributed by atoms with Gasteiger partial charge in [0.2, 0.25) is 0 Å². The van der Waals surface area contributed by atoms with Crippen LogP contribution in [0.15, 0.2) is 0 Å². The van der Waals surface area contributed by atoms with Crippen LogP contribution >= 0.6 is 0 Å². The van der Waals surface area contributed by atoms with Gasteiger partial charge >= 0.3 is 37.7 Å². The first-order valence-electron chi connectivity index (χ1n) is 2.37. The number of aliphatic hydroxyl groups excluding tert-OH is 1. The first-order valence-corrected chi connectivity index (χ1v) is 2.37. The smallest absolute Gasteiger partial charge is 1.00 e. The largest absolute Gasteiger partial charge is 2.00 e. The summed E-state index contributed by atoms with van der Waals surface area (Å²) < 4.78 is 0. The number of carbonyl (C=O) groups excluding carboxylic acids is 1. The Morgan fingerprint density at radius 3 is 2.38 bits per heavy atom. The summed E-state index contributed by atoms with van der Waals surface area (Å²) in [7, 11) is 0. The number of hydrogen-bond donors (Lipinski definition) is 1. The molecule has 1 N–H and O–H groups in total. The Morgan fingerprint density at radius 1 is 1.75 bits per heavy atom. The molecule has 0 heterocycles. The van der Waals surface area contributed by atoms with E-state index in [1.165, 1.54) is 6.92 Å². The molecule has 0 saturated heterocycles. The maximum Gasteiger partial charge on any atom is 2.00 e. The van der Waals surface area contributed by atoms with E-state index in [-0.39, 0.29) is 53.0 Å². The van der Waals surface area contributed by atoms with E-state index in [4.69, 9.17) is 5.11 Å². The molecule has 0 bridgehead atoms. The van der Waals surface area contributed by atoms with Crippen molar-refractivity contribution in [3.8, 4) is 0 Å². The molecule has 2 nitrogen and oxygen atoms in total. The third-order valence-electron chi connectivity index (χ3n) is 0.687. The third-order valence-corrected chi connectivity index (χ3v) is 0.687. The minimum Gasteiger partial charge on any atom is -1.00 e. The summed E-state index contributed by atoms with van der Waals surface area (Å²) >= 11 is 0. The number of hydrogen-bond acceptors (Lipinski definition) is 2.